The monoisotopic (exact) mass is 745 g/mol. The molecule has 0 amide bonds. The van der Waals surface area contributed by atoms with Crippen molar-refractivity contribution in [2.45, 2.75) is 25.2 Å². The highest BCUT2D eigenvalue weighted by atomic mass is 16.5. The van der Waals surface area contributed by atoms with E-state index in [1.54, 1.807) is 0 Å². The van der Waals surface area contributed by atoms with Crippen molar-refractivity contribution < 1.29 is 4.74 Å². The summed E-state index contributed by atoms with van der Waals surface area (Å²) in [5.41, 5.74) is 24.9. The molecule has 1 aliphatic heterocycles. The minimum Gasteiger partial charge on any atom is -0.457 e. The van der Waals surface area contributed by atoms with Crippen LogP contribution >= 0.6 is 0 Å². The first kappa shape index (κ1) is 35.3. The average molecular weight is 746 g/mol. The number of benzene rings is 8. The molecule has 278 valence electrons. The Morgan fingerprint density at radius 3 is 1.83 bits per heavy atom. The normalized spacial score (nSPS) is 14.2. The fraction of sp³-hybridized carbons (Fsp3) is 0.0714. The maximum absolute atomic E-state index is 6.99. The number of allylic oxidation sites excluding steroid dienone is 3. The van der Waals surface area contributed by atoms with Gasteiger partial charge in [0.15, 0.2) is 0 Å². The molecule has 8 aromatic carbocycles. The third-order valence-corrected chi connectivity index (χ3v) is 12.1. The van der Waals surface area contributed by atoms with Crippen molar-refractivity contribution in [2.24, 2.45) is 5.73 Å². The van der Waals surface area contributed by atoms with E-state index in [-0.39, 0.29) is 5.92 Å². The van der Waals surface area contributed by atoms with Crippen LogP contribution in [0.1, 0.15) is 57.3 Å². The van der Waals surface area contributed by atoms with Crippen LogP contribution in [-0.2, 0) is 5.41 Å². The van der Waals surface area contributed by atoms with E-state index in [0.29, 0.717) is 0 Å². The first-order chi connectivity index (χ1) is 28.5. The first-order valence-electron chi connectivity index (χ1n) is 20.1. The number of ether oxygens (including phenoxy) is 1. The van der Waals surface area contributed by atoms with E-state index in [9.17, 15) is 0 Å². The van der Waals surface area contributed by atoms with Crippen LogP contribution in [0.2, 0.25) is 0 Å². The molecule has 0 fully saturated rings. The number of aryl methyl sites for hydroxylation is 1. The predicted octanol–water partition coefficient (Wildman–Crippen LogP) is 14.0. The first-order valence-corrected chi connectivity index (χ1v) is 20.1. The summed E-state index contributed by atoms with van der Waals surface area (Å²) < 4.78 is 6.71. The van der Waals surface area contributed by atoms with Crippen LogP contribution in [0, 0.1) is 6.92 Å². The standard InChI is InChI=1S/C56H43NO/c1-37-28-29-41(34-48(37)43-20-15-21-44(33-43)53(57)36-45(40-18-7-4-8-19-40)32-38(2)39-16-5-3-6-17-39)42-30-31-55-52(35-42)56(51-26-13-14-27-54(51)58-55)49-24-11-9-22-46(49)47-23-10-12-25-50(47)56/h3-36,38H,57H2,1-2H3/b45-32+,53-36-/t38-/m0/s1. The van der Waals surface area contributed by atoms with E-state index in [4.69, 9.17) is 10.5 Å². The van der Waals surface area contributed by atoms with E-state index < -0.39 is 5.41 Å². The summed E-state index contributed by atoms with van der Waals surface area (Å²) >= 11 is 0. The van der Waals surface area contributed by atoms with Crippen molar-refractivity contribution in [3.63, 3.8) is 0 Å². The third-order valence-electron chi connectivity index (χ3n) is 12.1. The number of nitrogens with two attached hydrogens (primary N) is 1. The number of hydrogen-bond donors (Lipinski definition) is 1. The van der Waals surface area contributed by atoms with Crippen molar-refractivity contribution in [2.75, 3.05) is 0 Å². The molecule has 1 heterocycles. The molecule has 2 heteroatoms. The highest BCUT2D eigenvalue weighted by Crippen LogP contribution is 2.62. The number of fused-ring (bicyclic) bond motifs is 9. The molecule has 2 N–H and O–H groups in total. The molecule has 1 spiro atoms. The zero-order chi connectivity index (χ0) is 39.2. The maximum atomic E-state index is 6.99. The molecule has 2 aliphatic rings. The van der Waals surface area contributed by atoms with Gasteiger partial charge >= 0.3 is 0 Å². The predicted molar refractivity (Wildman–Crippen MR) is 241 cm³/mol. The summed E-state index contributed by atoms with van der Waals surface area (Å²) in [6, 6.07) is 69.6. The summed E-state index contributed by atoms with van der Waals surface area (Å²) in [7, 11) is 0. The quantitative estimate of drug-likeness (QED) is 0.165. The van der Waals surface area contributed by atoms with E-state index in [0.717, 1.165) is 56.1 Å². The minimum absolute atomic E-state index is 0.218. The summed E-state index contributed by atoms with van der Waals surface area (Å²) in [5, 5.41) is 0. The van der Waals surface area contributed by atoms with E-state index in [1.165, 1.54) is 44.5 Å². The van der Waals surface area contributed by atoms with E-state index in [1.807, 2.05) is 0 Å². The van der Waals surface area contributed by atoms with Crippen LogP contribution in [0.4, 0.5) is 0 Å². The van der Waals surface area contributed by atoms with Gasteiger partial charge in [-0.2, -0.15) is 0 Å². The van der Waals surface area contributed by atoms with Crippen molar-refractivity contribution >= 4 is 11.3 Å². The second-order valence-electron chi connectivity index (χ2n) is 15.5. The highest BCUT2D eigenvalue weighted by molar-refractivity contribution is 5.90. The zero-order valence-corrected chi connectivity index (χ0v) is 32.7. The van der Waals surface area contributed by atoms with Gasteiger partial charge in [-0.15, -0.1) is 0 Å². The molecule has 8 aromatic rings. The van der Waals surface area contributed by atoms with Gasteiger partial charge in [0.2, 0.25) is 0 Å². The van der Waals surface area contributed by atoms with Gasteiger partial charge < -0.3 is 10.5 Å². The van der Waals surface area contributed by atoms with Gasteiger partial charge in [-0.3, -0.25) is 0 Å². The Morgan fingerprint density at radius 2 is 1.09 bits per heavy atom. The van der Waals surface area contributed by atoms with Gasteiger partial charge in [-0.25, -0.2) is 0 Å². The van der Waals surface area contributed by atoms with Crippen molar-refractivity contribution in [1.29, 1.82) is 0 Å². The number of rotatable bonds is 7. The number of para-hydroxylation sites is 1. The van der Waals surface area contributed by atoms with Gasteiger partial charge in [0.1, 0.15) is 11.5 Å². The van der Waals surface area contributed by atoms with Crippen LogP contribution in [0.5, 0.6) is 11.5 Å². The molecule has 0 bridgehead atoms. The van der Waals surface area contributed by atoms with Crippen molar-refractivity contribution in [1.82, 2.24) is 0 Å². The van der Waals surface area contributed by atoms with Crippen molar-refractivity contribution in [3.05, 3.63) is 251 Å². The van der Waals surface area contributed by atoms with Gasteiger partial charge in [-0.1, -0.05) is 177 Å². The van der Waals surface area contributed by atoms with Crippen LogP contribution in [0.15, 0.2) is 206 Å². The molecule has 58 heavy (non-hydrogen) atoms. The Hall–Kier alpha value is -7.16. The molecule has 2 nitrogen and oxygen atoms in total. The second-order valence-corrected chi connectivity index (χ2v) is 15.5. The van der Waals surface area contributed by atoms with Crippen LogP contribution in [-0.4, -0.2) is 0 Å². The molecule has 0 saturated carbocycles. The lowest BCUT2D eigenvalue weighted by Crippen LogP contribution is -2.32. The van der Waals surface area contributed by atoms with Crippen molar-refractivity contribution in [3.8, 4) is 44.9 Å². The van der Waals surface area contributed by atoms with E-state index >= 15 is 0 Å². The summed E-state index contributed by atoms with van der Waals surface area (Å²) in [6.45, 7) is 4.42. The molecule has 1 atom stereocenters. The lowest BCUT2D eigenvalue weighted by molar-refractivity contribution is 0.436. The summed E-state index contributed by atoms with van der Waals surface area (Å²) in [5.74, 6) is 2.01. The average Bonchev–Trinajstić information content (AvgIpc) is 3.57. The van der Waals surface area contributed by atoms with Gasteiger partial charge in [0.25, 0.3) is 0 Å². The van der Waals surface area contributed by atoms with Crippen LogP contribution < -0.4 is 10.5 Å². The Labute approximate surface area is 341 Å². The van der Waals surface area contributed by atoms with Gasteiger partial charge in [0.05, 0.1) is 5.41 Å². The van der Waals surface area contributed by atoms with Gasteiger partial charge in [-0.05, 0) is 122 Å². The third kappa shape index (κ3) is 5.88. The highest BCUT2D eigenvalue weighted by Gasteiger charge is 2.51. The Kier molecular flexibility index (Phi) is 8.76. The zero-order valence-electron chi connectivity index (χ0n) is 32.7. The Morgan fingerprint density at radius 1 is 0.500 bits per heavy atom. The van der Waals surface area contributed by atoms with Gasteiger partial charge in [0, 0.05) is 16.8 Å². The topological polar surface area (TPSA) is 35.2 Å². The second kappa shape index (κ2) is 14.4. The molecule has 0 aromatic heterocycles. The Bertz CT molecular complexity index is 2860. The molecule has 0 radical (unpaired) electrons. The molecule has 1 aliphatic carbocycles. The molecular formula is C56H43NO. The minimum atomic E-state index is -0.509. The fourth-order valence-electron chi connectivity index (χ4n) is 9.25. The van der Waals surface area contributed by atoms with Crippen LogP contribution in [0.3, 0.4) is 0 Å². The molecule has 0 unspecified atom stereocenters. The summed E-state index contributed by atoms with van der Waals surface area (Å²) in [4.78, 5) is 0. The van der Waals surface area contributed by atoms with Crippen LogP contribution in [0.25, 0.3) is 44.7 Å². The molecular weight excluding hydrogens is 703 g/mol. The molecule has 0 saturated heterocycles. The fourth-order valence-corrected chi connectivity index (χ4v) is 9.25. The molecule has 10 rings (SSSR count). The Balaban J connectivity index is 1.06. The smallest absolute Gasteiger partial charge is 0.132 e. The summed E-state index contributed by atoms with van der Waals surface area (Å²) in [6.07, 6.45) is 4.43. The van der Waals surface area contributed by atoms with E-state index in [2.05, 4.69) is 220 Å². The maximum Gasteiger partial charge on any atom is 0.132 e. The number of hydrogen-bond acceptors (Lipinski definition) is 2. The SMILES string of the molecule is Cc1ccc(-c2ccc3c(c2)C2(c4ccccc4O3)c3ccccc3-c3ccccc32)cc1-c1cccc(/C(N)=C/C(=C\[C@H](C)c2ccccc2)c2ccccc2)c1. The lowest BCUT2D eigenvalue weighted by Gasteiger charge is -2.39. The largest absolute Gasteiger partial charge is 0.457 e. The lowest BCUT2D eigenvalue weighted by atomic mass is 9.66.